The molecule has 4 nitrogen and oxygen atoms in total. The van der Waals surface area contributed by atoms with Gasteiger partial charge in [-0.1, -0.05) is 35.3 Å². The molecule has 1 aliphatic heterocycles. The second-order valence-electron chi connectivity index (χ2n) is 4.92. The number of benzene rings is 1. The molecule has 1 aromatic carbocycles. The molecule has 0 aromatic heterocycles. The first-order valence-electron chi connectivity index (χ1n) is 6.02. The molecule has 1 atom stereocenters. The highest BCUT2D eigenvalue weighted by Crippen LogP contribution is 2.37. The van der Waals surface area contributed by atoms with Gasteiger partial charge in [0.2, 0.25) is 0 Å². The maximum absolute atomic E-state index is 12.3. The number of nitrogens with zero attached hydrogens (tertiary/aromatic N) is 2. The highest BCUT2D eigenvalue weighted by molar-refractivity contribution is 7.70. The van der Waals surface area contributed by atoms with E-state index in [1.165, 1.54) is 0 Å². The fourth-order valence-electron chi connectivity index (χ4n) is 1.83. The second-order valence-corrected chi connectivity index (χ2v) is 8.90. The van der Waals surface area contributed by atoms with Gasteiger partial charge in [-0.15, -0.1) is 0 Å². The summed E-state index contributed by atoms with van der Waals surface area (Å²) in [5.41, 5.74) is 0.224. The number of para-hydroxylation sites is 1. The summed E-state index contributed by atoms with van der Waals surface area (Å²) >= 11 is 12.2. The predicted octanol–water partition coefficient (Wildman–Crippen LogP) is 3.29. The van der Waals surface area contributed by atoms with Crippen molar-refractivity contribution >= 4 is 47.2 Å². The van der Waals surface area contributed by atoms with Gasteiger partial charge in [-0.25, -0.2) is 4.99 Å². The molecular weight excluding hydrogens is 316 g/mol. The molecular formula is C13H16Cl2N3OP. The molecule has 108 valence electrons. The van der Waals surface area contributed by atoms with Gasteiger partial charge in [0.15, 0.2) is 5.62 Å². The zero-order chi connectivity index (χ0) is 14.9. The van der Waals surface area contributed by atoms with Crippen molar-refractivity contribution in [3.63, 3.8) is 0 Å². The van der Waals surface area contributed by atoms with Crippen LogP contribution >= 0.6 is 30.3 Å². The average Bonchev–Trinajstić information content (AvgIpc) is 2.35. The molecule has 1 N–H and O–H groups in total. The zero-order valence-corrected chi connectivity index (χ0v) is 13.9. The molecule has 0 radical (unpaired) electrons. The van der Waals surface area contributed by atoms with Gasteiger partial charge in [-0.3, -0.25) is 0 Å². The second kappa shape index (κ2) is 5.80. The molecule has 0 amide bonds. The minimum Gasteiger partial charge on any atom is -0.345 e. The van der Waals surface area contributed by atoms with Crippen LogP contribution in [0.2, 0.25) is 0 Å². The molecule has 0 aliphatic carbocycles. The summed E-state index contributed by atoms with van der Waals surface area (Å²) in [7, 11) is -0.602. The molecule has 2 rings (SSSR count). The van der Waals surface area contributed by atoms with E-state index in [1.807, 2.05) is 24.3 Å². The van der Waals surface area contributed by atoms with Crippen LogP contribution < -0.4 is 10.6 Å². The Hall–Kier alpha value is -0.960. The van der Waals surface area contributed by atoms with Crippen LogP contribution in [0.25, 0.3) is 0 Å². The molecule has 1 aromatic rings. The van der Waals surface area contributed by atoms with E-state index in [0.717, 1.165) is 11.0 Å². The summed E-state index contributed by atoms with van der Waals surface area (Å²) in [5, 5.41) is 4.34. The maximum atomic E-state index is 12.3. The molecule has 20 heavy (non-hydrogen) atoms. The van der Waals surface area contributed by atoms with Crippen LogP contribution in [-0.4, -0.2) is 36.7 Å². The highest BCUT2D eigenvalue weighted by atomic mass is 35.5. The lowest BCUT2D eigenvalue weighted by atomic mass is 10.3. The van der Waals surface area contributed by atoms with Crippen LogP contribution in [0.5, 0.6) is 0 Å². The van der Waals surface area contributed by atoms with E-state index in [2.05, 4.69) is 10.3 Å². The highest BCUT2D eigenvalue weighted by Gasteiger charge is 2.21. The third-order valence-electron chi connectivity index (χ3n) is 2.85. The topological polar surface area (TPSA) is 44.7 Å². The third kappa shape index (κ3) is 3.38. The van der Waals surface area contributed by atoms with Crippen molar-refractivity contribution < 1.29 is 4.57 Å². The average molecular weight is 332 g/mol. The number of hydrogen-bond acceptors (Lipinski definition) is 4. The minimum absolute atomic E-state index is 0.459. The first-order chi connectivity index (χ1) is 9.29. The number of nitrogens with one attached hydrogen (secondary N) is 1. The molecule has 0 saturated carbocycles. The summed E-state index contributed by atoms with van der Waals surface area (Å²) in [6.07, 6.45) is 1.70. The predicted molar refractivity (Wildman–Crippen MR) is 87.9 cm³/mol. The molecule has 1 unspecified atom stereocenters. The van der Waals surface area contributed by atoms with Gasteiger partial charge in [-0.2, -0.15) is 0 Å². The van der Waals surface area contributed by atoms with Crippen molar-refractivity contribution in [3.05, 3.63) is 35.5 Å². The molecule has 0 spiro atoms. The first kappa shape index (κ1) is 15.4. The van der Waals surface area contributed by atoms with Crippen molar-refractivity contribution in [1.82, 2.24) is 4.90 Å². The van der Waals surface area contributed by atoms with Crippen LogP contribution in [0.4, 0.5) is 5.69 Å². The monoisotopic (exact) mass is 331 g/mol. The van der Waals surface area contributed by atoms with Crippen LogP contribution in [0.1, 0.15) is 0 Å². The van der Waals surface area contributed by atoms with E-state index in [4.69, 9.17) is 23.2 Å². The van der Waals surface area contributed by atoms with Gasteiger partial charge in [0.05, 0.1) is 10.7 Å². The number of alkyl halides is 1. The Morgan fingerprint density at radius 3 is 2.65 bits per heavy atom. The Kier molecular flexibility index (Phi) is 4.48. The Bertz CT molecular complexity index is 624. The van der Waals surface area contributed by atoms with Crippen molar-refractivity contribution in [2.24, 2.45) is 4.99 Å². The number of amidine groups is 1. The lowest BCUT2D eigenvalue weighted by Gasteiger charge is -2.25. The lowest BCUT2D eigenvalue weighted by molar-refractivity contribution is 0.425. The fourth-order valence-corrected chi connectivity index (χ4v) is 3.39. The van der Waals surface area contributed by atoms with Crippen molar-refractivity contribution in [1.29, 1.82) is 0 Å². The van der Waals surface area contributed by atoms with E-state index in [1.54, 1.807) is 31.5 Å². The molecule has 0 saturated heterocycles. The van der Waals surface area contributed by atoms with Crippen LogP contribution in [0.15, 0.2) is 40.5 Å². The number of aliphatic imine (C=N–C) groups is 1. The number of anilines is 1. The lowest BCUT2D eigenvalue weighted by Crippen LogP contribution is -2.30. The third-order valence-corrected chi connectivity index (χ3v) is 5.08. The minimum atomic E-state index is -2.39. The van der Waals surface area contributed by atoms with Crippen LogP contribution in [-0.2, 0) is 4.57 Å². The Morgan fingerprint density at radius 1 is 1.35 bits per heavy atom. The first-order valence-corrected chi connectivity index (χ1v) is 9.43. The maximum Gasteiger partial charge on any atom is 0.199 e. The van der Waals surface area contributed by atoms with Gasteiger partial charge in [-0.05, 0) is 25.5 Å². The summed E-state index contributed by atoms with van der Waals surface area (Å²) in [4.78, 5) is 5.97. The van der Waals surface area contributed by atoms with Crippen molar-refractivity contribution in [2.45, 2.75) is 5.62 Å². The van der Waals surface area contributed by atoms with E-state index >= 15 is 0 Å². The summed E-state index contributed by atoms with van der Waals surface area (Å²) in [6, 6.07) is 7.42. The van der Waals surface area contributed by atoms with E-state index in [0.29, 0.717) is 10.9 Å². The van der Waals surface area contributed by atoms with Gasteiger partial charge < -0.3 is 14.8 Å². The van der Waals surface area contributed by atoms with Crippen molar-refractivity contribution in [3.8, 4) is 0 Å². The van der Waals surface area contributed by atoms with E-state index < -0.39 is 12.8 Å². The quantitative estimate of drug-likeness (QED) is 0.513. The van der Waals surface area contributed by atoms with Crippen molar-refractivity contribution in [2.75, 3.05) is 25.7 Å². The molecule has 0 fully saturated rings. The normalized spacial score (nSPS) is 19.4. The summed E-state index contributed by atoms with van der Waals surface area (Å²) in [6.45, 7) is 3.46. The van der Waals surface area contributed by atoms with E-state index in [9.17, 15) is 4.57 Å². The fraction of sp³-hybridized carbons (Fsp3) is 0.308. The Labute approximate surface area is 128 Å². The zero-order valence-electron chi connectivity index (χ0n) is 11.5. The molecule has 0 bridgehead atoms. The van der Waals surface area contributed by atoms with Crippen LogP contribution in [0, 0.1) is 0 Å². The van der Waals surface area contributed by atoms with E-state index in [-0.39, 0.29) is 0 Å². The largest absolute Gasteiger partial charge is 0.345 e. The summed E-state index contributed by atoms with van der Waals surface area (Å²) < 4.78 is 12.3. The van der Waals surface area contributed by atoms with Gasteiger partial charge in [0.25, 0.3) is 0 Å². The number of hydrogen-bond donors (Lipinski definition) is 1. The molecule has 1 aliphatic rings. The number of halogens is 2. The molecule has 1 heterocycles. The van der Waals surface area contributed by atoms with Gasteiger partial charge in [0, 0.05) is 18.6 Å². The van der Waals surface area contributed by atoms with Gasteiger partial charge >= 0.3 is 0 Å². The Balaban J connectivity index is 2.35. The Morgan fingerprint density at radius 2 is 2.00 bits per heavy atom. The van der Waals surface area contributed by atoms with Gasteiger partial charge in [0.1, 0.15) is 13.0 Å². The molecule has 7 heteroatoms. The summed E-state index contributed by atoms with van der Waals surface area (Å²) in [5.74, 6) is 0.477. The van der Waals surface area contributed by atoms with Crippen LogP contribution in [0.3, 0.4) is 0 Å². The number of rotatable bonds is 2. The smallest absolute Gasteiger partial charge is 0.199 e. The SMILES string of the molecule is CN1C=C(Cl)C(Nc2ccccc2P(C)(C)=O)=NC1Cl. The standard InChI is InChI=1S/C13H16Cl2N3OP/c1-18-8-9(14)12(17-13(18)15)16-10-6-4-5-7-11(10)20(2,3)19/h4-8,13H,1-3H3,(H,16,17).